The lowest BCUT2D eigenvalue weighted by Gasteiger charge is -2.11. The number of hydrogen-bond acceptors (Lipinski definition) is 4. The first-order valence-corrected chi connectivity index (χ1v) is 8.00. The summed E-state index contributed by atoms with van der Waals surface area (Å²) in [6.45, 7) is 0. The monoisotopic (exact) mass is 347 g/mol. The third-order valence-corrected chi connectivity index (χ3v) is 4.12. The van der Waals surface area contributed by atoms with Crippen LogP contribution in [-0.4, -0.2) is 18.1 Å². The summed E-state index contributed by atoms with van der Waals surface area (Å²) in [6, 6.07) is 18.0. The molecule has 4 aromatic rings. The molecule has 0 fully saturated rings. The second-order valence-electron chi connectivity index (χ2n) is 5.73. The van der Waals surface area contributed by atoms with Gasteiger partial charge in [0.2, 0.25) is 0 Å². The van der Waals surface area contributed by atoms with Gasteiger partial charge in [0.05, 0.1) is 23.7 Å². The molecule has 128 valence electrons. The van der Waals surface area contributed by atoms with Crippen molar-refractivity contribution >= 4 is 27.8 Å². The number of para-hydroxylation sites is 1. The maximum atomic E-state index is 13.1. The fourth-order valence-corrected chi connectivity index (χ4v) is 2.88. The summed E-state index contributed by atoms with van der Waals surface area (Å²) >= 11 is 0. The fraction of sp³-hybridized carbons (Fsp3) is 0.0476. The van der Waals surface area contributed by atoms with Crippen LogP contribution in [0.4, 0.5) is 4.39 Å². The highest BCUT2D eigenvalue weighted by molar-refractivity contribution is 6.15. The molecular weight excluding hydrogens is 333 g/mol. The Morgan fingerprint density at radius 2 is 1.58 bits per heavy atom. The molecule has 0 saturated heterocycles. The van der Waals surface area contributed by atoms with E-state index in [-0.39, 0.29) is 5.75 Å². The van der Waals surface area contributed by atoms with Crippen LogP contribution in [0.2, 0.25) is 0 Å². The molecule has 0 N–H and O–H groups in total. The number of nitrogens with zero attached hydrogens (tertiary/aromatic N) is 1. The number of aromatic nitrogens is 1. The molecule has 0 atom stereocenters. The number of pyridine rings is 1. The number of fused-ring (bicyclic) bond motifs is 2. The Kier molecular flexibility index (Phi) is 3.97. The molecule has 4 rings (SSSR count). The van der Waals surface area contributed by atoms with Gasteiger partial charge < -0.3 is 9.47 Å². The van der Waals surface area contributed by atoms with Crippen LogP contribution >= 0.6 is 0 Å². The Morgan fingerprint density at radius 3 is 2.35 bits per heavy atom. The van der Waals surface area contributed by atoms with Gasteiger partial charge in [0.15, 0.2) is 0 Å². The molecule has 0 aliphatic heterocycles. The lowest BCUT2D eigenvalue weighted by molar-refractivity contribution is 0.0738. The third kappa shape index (κ3) is 2.84. The van der Waals surface area contributed by atoms with E-state index in [1.807, 2.05) is 24.3 Å². The second-order valence-corrected chi connectivity index (χ2v) is 5.73. The van der Waals surface area contributed by atoms with Gasteiger partial charge in [-0.25, -0.2) is 14.2 Å². The van der Waals surface area contributed by atoms with Crippen molar-refractivity contribution in [1.29, 1.82) is 0 Å². The molecule has 0 bridgehead atoms. The van der Waals surface area contributed by atoms with E-state index in [0.29, 0.717) is 33.1 Å². The van der Waals surface area contributed by atoms with Gasteiger partial charge in [-0.1, -0.05) is 18.2 Å². The molecule has 3 aromatic carbocycles. The van der Waals surface area contributed by atoms with E-state index in [1.165, 1.54) is 24.3 Å². The number of carbonyl (C=O) groups is 1. The van der Waals surface area contributed by atoms with E-state index in [4.69, 9.17) is 9.47 Å². The van der Waals surface area contributed by atoms with E-state index >= 15 is 0 Å². The number of esters is 1. The van der Waals surface area contributed by atoms with Gasteiger partial charge >= 0.3 is 5.97 Å². The summed E-state index contributed by atoms with van der Waals surface area (Å²) in [5.74, 6) is 0.0131. The zero-order chi connectivity index (χ0) is 18.1. The minimum Gasteiger partial charge on any atom is -0.497 e. The molecule has 0 unspecified atom stereocenters. The van der Waals surface area contributed by atoms with Crippen molar-refractivity contribution in [3.8, 4) is 11.5 Å². The average Bonchev–Trinajstić information content (AvgIpc) is 2.67. The molecule has 0 aliphatic carbocycles. The van der Waals surface area contributed by atoms with Crippen LogP contribution in [0.25, 0.3) is 21.8 Å². The minimum atomic E-state index is -0.523. The topological polar surface area (TPSA) is 48.4 Å². The number of hydrogen-bond donors (Lipinski definition) is 0. The van der Waals surface area contributed by atoms with Crippen molar-refractivity contribution < 1.29 is 18.7 Å². The largest absolute Gasteiger partial charge is 0.497 e. The van der Waals surface area contributed by atoms with Crippen LogP contribution in [0.15, 0.2) is 66.7 Å². The lowest BCUT2D eigenvalue weighted by Crippen LogP contribution is -2.10. The van der Waals surface area contributed by atoms with Crippen molar-refractivity contribution in [2.24, 2.45) is 0 Å². The van der Waals surface area contributed by atoms with Gasteiger partial charge in [0.25, 0.3) is 0 Å². The van der Waals surface area contributed by atoms with E-state index in [9.17, 15) is 9.18 Å². The molecule has 0 aliphatic rings. The van der Waals surface area contributed by atoms with Gasteiger partial charge in [-0.05, 0) is 42.5 Å². The first-order valence-electron chi connectivity index (χ1n) is 8.00. The molecule has 5 heteroatoms. The standard InChI is InChI=1S/C21H14FNO3/c1-25-15-10-11-17-19(12-15)23-18-5-3-2-4-16(18)20(17)21(24)26-14-8-6-13(22)7-9-14/h2-12H,1H3. The third-order valence-electron chi connectivity index (χ3n) is 4.12. The number of benzene rings is 3. The van der Waals surface area contributed by atoms with E-state index < -0.39 is 11.8 Å². The van der Waals surface area contributed by atoms with Gasteiger partial charge in [0.1, 0.15) is 17.3 Å². The summed E-state index contributed by atoms with van der Waals surface area (Å²) < 4.78 is 23.8. The normalized spacial score (nSPS) is 10.8. The lowest BCUT2D eigenvalue weighted by atomic mass is 10.0. The first kappa shape index (κ1) is 16.0. The van der Waals surface area contributed by atoms with Crippen molar-refractivity contribution in [3.05, 3.63) is 78.1 Å². The molecule has 1 heterocycles. The van der Waals surface area contributed by atoms with Crippen molar-refractivity contribution in [2.45, 2.75) is 0 Å². The Balaban J connectivity index is 1.90. The van der Waals surface area contributed by atoms with Gasteiger partial charge in [0, 0.05) is 16.8 Å². The molecule has 0 spiro atoms. The van der Waals surface area contributed by atoms with Crippen molar-refractivity contribution in [2.75, 3.05) is 7.11 Å². The zero-order valence-electron chi connectivity index (χ0n) is 13.9. The Hall–Kier alpha value is -3.47. The highest BCUT2D eigenvalue weighted by atomic mass is 19.1. The number of halogens is 1. The predicted octanol–water partition coefficient (Wildman–Crippen LogP) is 4.75. The number of ether oxygens (including phenoxy) is 2. The maximum Gasteiger partial charge on any atom is 0.344 e. The average molecular weight is 347 g/mol. The number of rotatable bonds is 3. The first-order chi connectivity index (χ1) is 12.7. The molecule has 4 nitrogen and oxygen atoms in total. The molecule has 0 saturated carbocycles. The summed E-state index contributed by atoms with van der Waals surface area (Å²) in [4.78, 5) is 17.5. The van der Waals surface area contributed by atoms with Crippen LogP contribution < -0.4 is 9.47 Å². The Morgan fingerprint density at radius 1 is 0.885 bits per heavy atom. The number of carbonyl (C=O) groups excluding carboxylic acids is 1. The van der Waals surface area contributed by atoms with Crippen LogP contribution in [0.3, 0.4) is 0 Å². The second kappa shape index (κ2) is 6.44. The van der Waals surface area contributed by atoms with Crippen LogP contribution in [0.1, 0.15) is 10.4 Å². The highest BCUT2D eigenvalue weighted by Crippen LogP contribution is 2.29. The van der Waals surface area contributed by atoms with Crippen molar-refractivity contribution in [1.82, 2.24) is 4.98 Å². The van der Waals surface area contributed by atoms with E-state index in [1.54, 1.807) is 25.3 Å². The van der Waals surface area contributed by atoms with E-state index in [2.05, 4.69) is 4.98 Å². The fourth-order valence-electron chi connectivity index (χ4n) is 2.88. The van der Waals surface area contributed by atoms with Crippen LogP contribution in [0.5, 0.6) is 11.5 Å². The summed E-state index contributed by atoms with van der Waals surface area (Å²) in [5.41, 5.74) is 1.73. The smallest absolute Gasteiger partial charge is 0.344 e. The maximum absolute atomic E-state index is 13.1. The molecule has 0 amide bonds. The minimum absolute atomic E-state index is 0.277. The highest BCUT2D eigenvalue weighted by Gasteiger charge is 2.18. The van der Waals surface area contributed by atoms with Crippen molar-refractivity contribution in [3.63, 3.8) is 0 Å². The van der Waals surface area contributed by atoms with Gasteiger partial charge in [-0.3, -0.25) is 0 Å². The molecular formula is C21H14FNO3. The van der Waals surface area contributed by atoms with E-state index in [0.717, 1.165) is 0 Å². The van der Waals surface area contributed by atoms with Crippen LogP contribution in [0, 0.1) is 5.82 Å². The quantitative estimate of drug-likeness (QED) is 0.305. The Labute approximate surface area is 148 Å². The zero-order valence-corrected chi connectivity index (χ0v) is 13.9. The molecule has 26 heavy (non-hydrogen) atoms. The molecule has 1 aromatic heterocycles. The van der Waals surface area contributed by atoms with Gasteiger partial charge in [-0.2, -0.15) is 0 Å². The van der Waals surface area contributed by atoms with Gasteiger partial charge in [-0.15, -0.1) is 0 Å². The summed E-state index contributed by atoms with van der Waals surface area (Å²) in [5, 5.41) is 1.36. The summed E-state index contributed by atoms with van der Waals surface area (Å²) in [6.07, 6.45) is 0. The van der Waals surface area contributed by atoms with Crippen LogP contribution in [-0.2, 0) is 0 Å². The predicted molar refractivity (Wildman–Crippen MR) is 97.2 cm³/mol. The Bertz CT molecular complexity index is 1120. The number of methoxy groups -OCH3 is 1. The SMILES string of the molecule is COc1ccc2c(C(=O)Oc3ccc(F)cc3)c3ccccc3nc2c1. The molecule has 0 radical (unpaired) electrons. The summed E-state index contributed by atoms with van der Waals surface area (Å²) in [7, 11) is 1.58.